The predicted molar refractivity (Wildman–Crippen MR) is 97.3 cm³/mol. The van der Waals surface area contributed by atoms with Crippen LogP contribution in [0.3, 0.4) is 0 Å². The molecule has 2 heterocycles. The van der Waals surface area contributed by atoms with Gasteiger partial charge in [-0.05, 0) is 30.5 Å². The molecule has 26 heavy (non-hydrogen) atoms. The number of ether oxygens (including phenoxy) is 2. The molecule has 1 aromatic carbocycles. The highest BCUT2D eigenvalue weighted by atomic mass is 16.5. The Bertz CT molecular complexity index is 662. The van der Waals surface area contributed by atoms with Gasteiger partial charge in [0.05, 0.1) is 19.1 Å². The van der Waals surface area contributed by atoms with E-state index in [4.69, 9.17) is 9.47 Å². The minimum Gasteiger partial charge on any atom is -0.490 e. The number of fused-ring (bicyclic) bond motifs is 1. The fourth-order valence-corrected chi connectivity index (χ4v) is 3.30. The zero-order chi connectivity index (χ0) is 18.5. The Morgan fingerprint density at radius 2 is 1.96 bits per heavy atom. The lowest BCUT2D eigenvalue weighted by Crippen LogP contribution is -2.48. The molecule has 142 valence electrons. The van der Waals surface area contributed by atoms with Gasteiger partial charge in [-0.1, -0.05) is 6.07 Å². The largest absolute Gasteiger partial charge is 0.490 e. The zero-order valence-electron chi connectivity index (χ0n) is 15.5. The van der Waals surface area contributed by atoms with Crippen LogP contribution in [0.25, 0.3) is 0 Å². The second kappa shape index (κ2) is 8.29. The summed E-state index contributed by atoms with van der Waals surface area (Å²) in [5.41, 5.74) is 0.972. The molecule has 2 aliphatic rings. The maximum absolute atomic E-state index is 12.5. The quantitative estimate of drug-likeness (QED) is 0.892. The number of piperidine rings is 1. The van der Waals surface area contributed by atoms with Crippen molar-refractivity contribution in [3.8, 4) is 11.5 Å². The Balaban J connectivity index is 1.55. The highest BCUT2D eigenvalue weighted by Gasteiger charge is 2.29. The first-order valence-corrected chi connectivity index (χ1v) is 9.17. The van der Waals surface area contributed by atoms with E-state index in [1.165, 1.54) is 0 Å². The van der Waals surface area contributed by atoms with Gasteiger partial charge in [0, 0.05) is 40.2 Å². The Morgan fingerprint density at radius 1 is 1.19 bits per heavy atom. The summed E-state index contributed by atoms with van der Waals surface area (Å²) in [4.78, 5) is 27.9. The number of urea groups is 1. The van der Waals surface area contributed by atoms with E-state index in [2.05, 4.69) is 5.32 Å². The lowest BCUT2D eigenvalue weighted by molar-refractivity contribution is -0.126. The molecule has 1 N–H and O–H groups in total. The summed E-state index contributed by atoms with van der Waals surface area (Å²) in [5.74, 6) is 1.32. The van der Waals surface area contributed by atoms with Gasteiger partial charge in [0.15, 0.2) is 11.5 Å². The highest BCUT2D eigenvalue weighted by Crippen LogP contribution is 2.30. The predicted octanol–water partition coefficient (Wildman–Crippen LogP) is 1.86. The van der Waals surface area contributed by atoms with Gasteiger partial charge < -0.3 is 24.6 Å². The van der Waals surface area contributed by atoms with Crippen molar-refractivity contribution < 1.29 is 19.1 Å². The lowest BCUT2D eigenvalue weighted by Gasteiger charge is -2.33. The van der Waals surface area contributed by atoms with E-state index in [1.54, 1.807) is 23.9 Å². The second-order valence-electron chi connectivity index (χ2n) is 7.01. The molecule has 1 saturated heterocycles. The number of carbonyl (C=O) groups is 2. The summed E-state index contributed by atoms with van der Waals surface area (Å²) < 4.78 is 11.3. The number of nitrogens with one attached hydrogen (secondary N) is 1. The molecule has 0 spiro atoms. The van der Waals surface area contributed by atoms with E-state index in [-0.39, 0.29) is 17.9 Å². The standard InChI is InChI=1S/C19H27N3O4/c1-21(2)19(24)22-8-3-5-15(13-22)18(23)20-12-14-6-7-16-17(11-14)26-10-4-9-25-16/h6-7,11,15H,3-5,8-10,12-13H2,1-2H3,(H,20,23). The molecule has 0 bridgehead atoms. The van der Waals surface area contributed by atoms with Crippen LogP contribution in [-0.2, 0) is 11.3 Å². The molecule has 3 rings (SSSR count). The van der Waals surface area contributed by atoms with E-state index in [1.807, 2.05) is 18.2 Å². The Hall–Kier alpha value is -2.44. The highest BCUT2D eigenvalue weighted by molar-refractivity contribution is 5.80. The number of rotatable bonds is 3. The number of hydrogen-bond acceptors (Lipinski definition) is 4. The fraction of sp³-hybridized carbons (Fsp3) is 0.579. The monoisotopic (exact) mass is 361 g/mol. The first-order chi connectivity index (χ1) is 12.5. The summed E-state index contributed by atoms with van der Waals surface area (Å²) in [6.45, 7) is 2.92. The van der Waals surface area contributed by atoms with Crippen LogP contribution in [0, 0.1) is 5.92 Å². The molecule has 1 unspecified atom stereocenters. The summed E-state index contributed by atoms with van der Waals surface area (Å²) in [6, 6.07) is 5.71. The molecular formula is C19H27N3O4. The summed E-state index contributed by atoms with van der Waals surface area (Å²) in [7, 11) is 3.46. The van der Waals surface area contributed by atoms with Crippen LogP contribution >= 0.6 is 0 Å². The van der Waals surface area contributed by atoms with Crippen molar-refractivity contribution in [3.63, 3.8) is 0 Å². The zero-order valence-corrected chi connectivity index (χ0v) is 15.5. The third-order valence-electron chi connectivity index (χ3n) is 4.72. The third-order valence-corrected chi connectivity index (χ3v) is 4.72. The van der Waals surface area contributed by atoms with E-state index < -0.39 is 0 Å². The van der Waals surface area contributed by atoms with Gasteiger partial charge in [0.25, 0.3) is 0 Å². The molecule has 2 aliphatic heterocycles. The number of benzene rings is 1. The normalized spacial score (nSPS) is 19.5. The Kier molecular flexibility index (Phi) is 5.85. The average molecular weight is 361 g/mol. The maximum Gasteiger partial charge on any atom is 0.319 e. The van der Waals surface area contributed by atoms with Crippen LogP contribution in [0.2, 0.25) is 0 Å². The number of amides is 3. The van der Waals surface area contributed by atoms with Crippen LogP contribution in [0.5, 0.6) is 11.5 Å². The van der Waals surface area contributed by atoms with Crippen LogP contribution < -0.4 is 14.8 Å². The molecule has 1 fully saturated rings. The van der Waals surface area contributed by atoms with Crippen molar-refractivity contribution in [1.29, 1.82) is 0 Å². The molecule has 0 radical (unpaired) electrons. The molecule has 3 amide bonds. The Labute approximate surface area is 154 Å². The lowest BCUT2D eigenvalue weighted by atomic mass is 9.97. The van der Waals surface area contributed by atoms with Crippen molar-refractivity contribution in [2.75, 3.05) is 40.4 Å². The number of nitrogens with zero attached hydrogens (tertiary/aromatic N) is 2. The van der Waals surface area contributed by atoms with Gasteiger partial charge in [0.2, 0.25) is 5.91 Å². The molecule has 1 atom stereocenters. The molecular weight excluding hydrogens is 334 g/mol. The molecule has 1 aromatic rings. The molecule has 7 nitrogen and oxygen atoms in total. The molecule has 0 aromatic heterocycles. The topological polar surface area (TPSA) is 71.1 Å². The summed E-state index contributed by atoms with van der Waals surface area (Å²) in [6.07, 6.45) is 2.52. The van der Waals surface area contributed by atoms with E-state index in [0.29, 0.717) is 32.8 Å². The van der Waals surface area contributed by atoms with Gasteiger partial charge in [-0.25, -0.2) is 4.79 Å². The van der Waals surface area contributed by atoms with Gasteiger partial charge in [-0.3, -0.25) is 4.79 Å². The van der Waals surface area contributed by atoms with Crippen molar-refractivity contribution in [2.45, 2.75) is 25.8 Å². The maximum atomic E-state index is 12.5. The van der Waals surface area contributed by atoms with Crippen molar-refractivity contribution in [3.05, 3.63) is 23.8 Å². The smallest absolute Gasteiger partial charge is 0.319 e. The minimum absolute atomic E-state index is 0.00614. The molecule has 7 heteroatoms. The van der Waals surface area contributed by atoms with E-state index in [0.717, 1.165) is 36.3 Å². The summed E-state index contributed by atoms with van der Waals surface area (Å²) >= 11 is 0. The van der Waals surface area contributed by atoms with E-state index >= 15 is 0 Å². The van der Waals surface area contributed by atoms with Crippen molar-refractivity contribution in [2.24, 2.45) is 5.92 Å². The number of likely N-dealkylation sites (tertiary alicyclic amines) is 1. The number of hydrogen-bond donors (Lipinski definition) is 1. The van der Waals surface area contributed by atoms with Crippen molar-refractivity contribution in [1.82, 2.24) is 15.1 Å². The SMILES string of the molecule is CN(C)C(=O)N1CCCC(C(=O)NCc2ccc3c(c2)OCCCO3)C1. The van der Waals surface area contributed by atoms with E-state index in [9.17, 15) is 9.59 Å². The van der Waals surface area contributed by atoms with Crippen LogP contribution in [0.15, 0.2) is 18.2 Å². The van der Waals surface area contributed by atoms with Gasteiger partial charge in [-0.2, -0.15) is 0 Å². The second-order valence-corrected chi connectivity index (χ2v) is 7.01. The minimum atomic E-state index is -0.159. The van der Waals surface area contributed by atoms with Crippen LogP contribution in [-0.4, -0.2) is 62.1 Å². The molecule has 0 saturated carbocycles. The van der Waals surface area contributed by atoms with Gasteiger partial charge in [0.1, 0.15) is 0 Å². The average Bonchev–Trinajstić information content (AvgIpc) is 2.90. The summed E-state index contributed by atoms with van der Waals surface area (Å²) in [5, 5.41) is 2.99. The van der Waals surface area contributed by atoms with Crippen molar-refractivity contribution >= 4 is 11.9 Å². The van der Waals surface area contributed by atoms with Gasteiger partial charge in [-0.15, -0.1) is 0 Å². The van der Waals surface area contributed by atoms with Crippen LogP contribution in [0.1, 0.15) is 24.8 Å². The van der Waals surface area contributed by atoms with Gasteiger partial charge >= 0.3 is 6.03 Å². The van der Waals surface area contributed by atoms with Crippen LogP contribution in [0.4, 0.5) is 4.79 Å². The third kappa shape index (κ3) is 4.39. The number of carbonyl (C=O) groups excluding carboxylic acids is 2. The Morgan fingerprint density at radius 3 is 2.73 bits per heavy atom. The fourth-order valence-electron chi connectivity index (χ4n) is 3.30. The molecule has 0 aliphatic carbocycles. The first-order valence-electron chi connectivity index (χ1n) is 9.17. The first kappa shape index (κ1) is 18.4.